The number of oxime groups is 1. The third-order valence-corrected chi connectivity index (χ3v) is 4.86. The number of benzene rings is 3. The van der Waals surface area contributed by atoms with Crippen molar-refractivity contribution in [2.45, 2.75) is 39.3 Å². The van der Waals surface area contributed by atoms with E-state index >= 15 is 0 Å². The molecular weight excluding hydrogens is 416 g/mol. The van der Waals surface area contributed by atoms with Crippen molar-refractivity contribution in [2.75, 3.05) is 11.9 Å². The molecule has 6 heteroatoms. The zero-order valence-electron chi connectivity index (χ0n) is 19.0. The highest BCUT2D eigenvalue weighted by Gasteiger charge is 2.07. The van der Waals surface area contributed by atoms with Gasteiger partial charge in [-0.1, -0.05) is 59.8 Å². The number of anilines is 1. The fraction of sp³-hybridized carbons (Fsp3) is 0.259. The van der Waals surface area contributed by atoms with E-state index in [9.17, 15) is 4.79 Å². The molecule has 172 valence electrons. The quantitative estimate of drug-likeness (QED) is 0.283. The second-order valence-corrected chi connectivity index (χ2v) is 7.94. The van der Waals surface area contributed by atoms with Crippen molar-refractivity contribution in [3.8, 4) is 5.75 Å². The smallest absolute Gasteiger partial charge is 0.303 e. The summed E-state index contributed by atoms with van der Waals surface area (Å²) in [6, 6.07) is 25.6. The number of carboxylic acids is 1. The van der Waals surface area contributed by atoms with Crippen molar-refractivity contribution in [3.05, 3.63) is 95.6 Å². The molecule has 0 atom stereocenters. The molecule has 0 aliphatic heterocycles. The Labute approximate surface area is 194 Å². The number of carbonyl (C=O) groups is 1. The molecule has 0 heterocycles. The van der Waals surface area contributed by atoms with Gasteiger partial charge in [-0.15, -0.1) is 0 Å². The number of nitrogens with one attached hydrogen (secondary N) is 1. The average Bonchev–Trinajstić information content (AvgIpc) is 2.83. The molecule has 3 aromatic carbocycles. The van der Waals surface area contributed by atoms with Gasteiger partial charge < -0.3 is 20.0 Å². The normalized spacial score (nSPS) is 11.3. The first-order chi connectivity index (χ1) is 16.0. The summed E-state index contributed by atoms with van der Waals surface area (Å²) in [5, 5.41) is 16.4. The van der Waals surface area contributed by atoms with Crippen LogP contribution in [0.5, 0.6) is 5.75 Å². The summed E-state index contributed by atoms with van der Waals surface area (Å²) >= 11 is 0. The third-order valence-electron chi connectivity index (χ3n) is 4.86. The molecule has 2 N–H and O–H groups in total. The van der Waals surface area contributed by atoms with Crippen LogP contribution in [0.4, 0.5) is 5.69 Å². The predicted molar refractivity (Wildman–Crippen MR) is 131 cm³/mol. The molecule has 0 saturated carbocycles. The van der Waals surface area contributed by atoms with Crippen LogP contribution in [0.3, 0.4) is 0 Å². The molecule has 0 aliphatic rings. The Kier molecular flexibility index (Phi) is 8.88. The zero-order chi connectivity index (χ0) is 23.5. The Bertz CT molecular complexity index is 1030. The van der Waals surface area contributed by atoms with Gasteiger partial charge in [0.05, 0.1) is 0 Å². The van der Waals surface area contributed by atoms with Gasteiger partial charge in [0.15, 0.2) is 0 Å². The molecule has 0 saturated heterocycles. The minimum Gasteiger partial charge on any atom is -0.487 e. The summed E-state index contributed by atoms with van der Waals surface area (Å²) in [7, 11) is 0. The number of rotatable bonds is 12. The Morgan fingerprint density at radius 3 is 2.24 bits per heavy atom. The lowest BCUT2D eigenvalue weighted by atomic mass is 10.1. The van der Waals surface area contributed by atoms with Gasteiger partial charge in [0.2, 0.25) is 0 Å². The lowest BCUT2D eigenvalue weighted by molar-refractivity contribution is -0.136. The summed E-state index contributed by atoms with van der Waals surface area (Å²) in [5.41, 5.74) is 4.83. The van der Waals surface area contributed by atoms with Crippen LogP contribution in [0.2, 0.25) is 0 Å². The number of carboxylic acid groups (broad SMARTS) is 1. The summed E-state index contributed by atoms with van der Waals surface area (Å²) in [5.74, 6) is -0.0215. The topological polar surface area (TPSA) is 80.2 Å². The van der Waals surface area contributed by atoms with E-state index in [1.54, 1.807) is 0 Å². The highest BCUT2D eigenvalue weighted by molar-refractivity contribution is 6.01. The predicted octanol–water partition coefficient (Wildman–Crippen LogP) is 5.52. The molecule has 3 aromatic rings. The first kappa shape index (κ1) is 23.9. The highest BCUT2D eigenvalue weighted by atomic mass is 16.6. The SMILES string of the molecule is CC(C)ON=C(COc1ccc(CNc2ccc(CCC(=O)O)cc2)cc1)c1ccccc1. The minimum absolute atomic E-state index is 0.00330. The van der Waals surface area contributed by atoms with E-state index in [2.05, 4.69) is 10.5 Å². The van der Waals surface area contributed by atoms with E-state index in [0.29, 0.717) is 19.6 Å². The Balaban J connectivity index is 1.52. The van der Waals surface area contributed by atoms with Gasteiger partial charge in [0, 0.05) is 24.2 Å². The Hall–Kier alpha value is -3.80. The number of hydrogen-bond donors (Lipinski definition) is 2. The van der Waals surface area contributed by atoms with E-state index in [-0.39, 0.29) is 12.5 Å². The molecule has 0 radical (unpaired) electrons. The largest absolute Gasteiger partial charge is 0.487 e. The zero-order valence-corrected chi connectivity index (χ0v) is 19.0. The van der Waals surface area contributed by atoms with Crippen LogP contribution in [-0.2, 0) is 22.6 Å². The Morgan fingerprint density at radius 1 is 0.939 bits per heavy atom. The fourth-order valence-electron chi connectivity index (χ4n) is 3.06. The first-order valence-corrected chi connectivity index (χ1v) is 11.0. The first-order valence-electron chi connectivity index (χ1n) is 11.0. The molecule has 0 aliphatic carbocycles. The number of ether oxygens (including phenoxy) is 1. The van der Waals surface area contributed by atoms with Gasteiger partial charge >= 0.3 is 5.97 Å². The fourth-order valence-corrected chi connectivity index (χ4v) is 3.06. The maximum atomic E-state index is 10.7. The van der Waals surface area contributed by atoms with Crippen molar-refractivity contribution in [1.82, 2.24) is 0 Å². The molecule has 0 amide bonds. The maximum Gasteiger partial charge on any atom is 0.303 e. The van der Waals surface area contributed by atoms with Gasteiger partial charge in [-0.3, -0.25) is 4.79 Å². The summed E-state index contributed by atoms with van der Waals surface area (Å²) in [6.45, 7) is 4.86. The van der Waals surface area contributed by atoms with Crippen LogP contribution in [-0.4, -0.2) is 29.5 Å². The van der Waals surface area contributed by atoms with Crippen molar-refractivity contribution < 1.29 is 19.5 Å². The summed E-state index contributed by atoms with van der Waals surface area (Å²) in [4.78, 5) is 16.1. The summed E-state index contributed by atoms with van der Waals surface area (Å²) in [6.07, 6.45) is 0.679. The van der Waals surface area contributed by atoms with Gasteiger partial charge in [-0.2, -0.15) is 0 Å². The van der Waals surface area contributed by atoms with E-state index in [4.69, 9.17) is 14.7 Å². The number of aliphatic carboxylic acids is 1. The molecule has 0 fully saturated rings. The number of aryl methyl sites for hydroxylation is 1. The molecule has 6 nitrogen and oxygen atoms in total. The van der Waals surface area contributed by atoms with Gasteiger partial charge in [-0.25, -0.2) is 0 Å². The van der Waals surface area contributed by atoms with Crippen LogP contribution in [0.1, 0.15) is 37.0 Å². The molecule has 0 spiro atoms. The van der Waals surface area contributed by atoms with E-state index in [0.717, 1.165) is 33.8 Å². The molecule has 0 bridgehead atoms. The van der Waals surface area contributed by atoms with Crippen LogP contribution in [0.15, 0.2) is 84.0 Å². The molecular formula is C27H30N2O4. The third kappa shape index (κ3) is 8.33. The second kappa shape index (κ2) is 12.3. The second-order valence-electron chi connectivity index (χ2n) is 7.94. The minimum atomic E-state index is -0.780. The maximum absolute atomic E-state index is 10.7. The van der Waals surface area contributed by atoms with E-state index in [1.807, 2.05) is 92.7 Å². The standard InChI is InChI=1S/C27H30N2O4/c1-20(2)33-29-26(23-6-4-3-5-7-23)19-32-25-15-10-22(11-16-25)18-28-24-13-8-21(9-14-24)12-17-27(30)31/h3-11,13-16,20,28H,12,17-19H2,1-2H3,(H,30,31). The number of nitrogens with zero attached hydrogens (tertiary/aromatic N) is 1. The van der Waals surface area contributed by atoms with Crippen molar-refractivity contribution in [3.63, 3.8) is 0 Å². The lowest BCUT2D eigenvalue weighted by Gasteiger charge is -2.12. The molecule has 0 unspecified atom stereocenters. The molecule has 3 rings (SSSR count). The van der Waals surface area contributed by atoms with Crippen LogP contribution in [0, 0.1) is 0 Å². The van der Waals surface area contributed by atoms with Gasteiger partial charge in [0.1, 0.15) is 24.2 Å². The van der Waals surface area contributed by atoms with E-state index in [1.165, 1.54) is 0 Å². The highest BCUT2D eigenvalue weighted by Crippen LogP contribution is 2.16. The van der Waals surface area contributed by atoms with E-state index < -0.39 is 5.97 Å². The summed E-state index contributed by atoms with van der Waals surface area (Å²) < 4.78 is 5.95. The van der Waals surface area contributed by atoms with Crippen molar-refractivity contribution in [2.24, 2.45) is 5.16 Å². The number of hydrogen-bond acceptors (Lipinski definition) is 5. The van der Waals surface area contributed by atoms with Crippen molar-refractivity contribution >= 4 is 17.4 Å². The molecule has 0 aromatic heterocycles. The van der Waals surface area contributed by atoms with Gasteiger partial charge in [-0.05, 0) is 55.7 Å². The average molecular weight is 447 g/mol. The van der Waals surface area contributed by atoms with Crippen molar-refractivity contribution in [1.29, 1.82) is 0 Å². The van der Waals surface area contributed by atoms with Crippen LogP contribution < -0.4 is 10.1 Å². The van der Waals surface area contributed by atoms with Gasteiger partial charge in [0.25, 0.3) is 0 Å². The molecule has 33 heavy (non-hydrogen) atoms. The van der Waals surface area contributed by atoms with Crippen LogP contribution in [0.25, 0.3) is 0 Å². The Morgan fingerprint density at radius 2 is 1.61 bits per heavy atom. The monoisotopic (exact) mass is 446 g/mol. The lowest BCUT2D eigenvalue weighted by Crippen LogP contribution is -2.14. The van der Waals surface area contributed by atoms with Crippen LogP contribution >= 0.6 is 0 Å².